The van der Waals surface area contributed by atoms with Crippen molar-refractivity contribution in [1.82, 2.24) is 5.43 Å². The number of hydrogen-bond donors (Lipinski definition) is 2. The monoisotopic (exact) mass is 480 g/mol. The summed E-state index contributed by atoms with van der Waals surface area (Å²) in [4.78, 5) is 11.9. The van der Waals surface area contributed by atoms with Crippen LogP contribution in [0.1, 0.15) is 15.9 Å². The van der Waals surface area contributed by atoms with E-state index in [1.54, 1.807) is 12.1 Å². The Bertz CT molecular complexity index is 826. The molecule has 0 fully saturated rings. The normalized spacial score (nSPS) is 11.6. The molecule has 0 spiro atoms. The van der Waals surface area contributed by atoms with Gasteiger partial charge in [-0.3, -0.25) is 4.79 Å². The number of phenolic OH excluding ortho intramolecular Hbond substituents is 1. The van der Waals surface area contributed by atoms with Crippen molar-refractivity contribution in [3.05, 3.63) is 56.5 Å². The number of aromatic hydroxyl groups is 1. The maximum Gasteiger partial charge on any atom is 0.573 e. The number of nitrogens with one attached hydrogen (secondary N) is 1. The summed E-state index contributed by atoms with van der Waals surface area (Å²) >= 11 is 6.39. The molecule has 0 aliphatic rings. The highest BCUT2D eigenvalue weighted by atomic mass is 79.9. The molecule has 0 radical (unpaired) electrons. The summed E-state index contributed by atoms with van der Waals surface area (Å²) in [6, 6.07) is 7.75. The van der Waals surface area contributed by atoms with Crippen LogP contribution in [0.15, 0.2) is 50.4 Å². The highest BCUT2D eigenvalue weighted by Crippen LogP contribution is 2.30. The molecule has 132 valence electrons. The number of amides is 1. The molecule has 10 heteroatoms. The number of nitrogens with zero attached hydrogens (tertiary/aromatic N) is 1. The molecule has 25 heavy (non-hydrogen) atoms. The fraction of sp³-hybridized carbons (Fsp3) is 0.0667. The maximum atomic E-state index is 12.2. The first kappa shape index (κ1) is 19.3. The Morgan fingerprint density at radius 2 is 1.96 bits per heavy atom. The van der Waals surface area contributed by atoms with Gasteiger partial charge in [0.1, 0.15) is 11.5 Å². The van der Waals surface area contributed by atoms with Crippen LogP contribution < -0.4 is 10.2 Å². The van der Waals surface area contributed by atoms with Gasteiger partial charge >= 0.3 is 6.36 Å². The van der Waals surface area contributed by atoms with Crippen molar-refractivity contribution in [2.45, 2.75) is 6.36 Å². The number of benzene rings is 2. The number of carbonyl (C=O) groups is 1. The molecule has 0 unspecified atom stereocenters. The van der Waals surface area contributed by atoms with Crippen molar-refractivity contribution < 1.29 is 27.8 Å². The topological polar surface area (TPSA) is 70.9 Å². The van der Waals surface area contributed by atoms with Crippen molar-refractivity contribution in [3.63, 3.8) is 0 Å². The number of hydrazone groups is 1. The lowest BCUT2D eigenvalue weighted by molar-refractivity contribution is -0.274. The Morgan fingerprint density at radius 1 is 1.24 bits per heavy atom. The van der Waals surface area contributed by atoms with Crippen molar-refractivity contribution in [2.24, 2.45) is 5.10 Å². The predicted octanol–water partition coefficient (Wildman–Crippen LogP) is 4.58. The molecule has 2 rings (SSSR count). The average molecular weight is 482 g/mol. The molecular formula is C15H9Br2F3N2O3. The van der Waals surface area contributed by atoms with Gasteiger partial charge in [0.2, 0.25) is 0 Å². The number of halogens is 5. The molecule has 0 aliphatic carbocycles. The van der Waals surface area contributed by atoms with Crippen LogP contribution >= 0.6 is 31.9 Å². The zero-order valence-electron chi connectivity index (χ0n) is 12.1. The minimum absolute atomic E-state index is 0.0708. The highest BCUT2D eigenvalue weighted by Gasteiger charge is 2.31. The first-order valence-corrected chi connectivity index (χ1v) is 8.11. The number of carbonyl (C=O) groups excluding carboxylic acids is 1. The SMILES string of the molecule is O=C(N/N=C/c1cc(Br)cc(Br)c1O)c1cccc(OC(F)(F)F)c1. The van der Waals surface area contributed by atoms with Gasteiger partial charge in [0, 0.05) is 15.6 Å². The van der Waals surface area contributed by atoms with Gasteiger partial charge in [0.15, 0.2) is 0 Å². The zero-order valence-corrected chi connectivity index (χ0v) is 15.3. The summed E-state index contributed by atoms with van der Waals surface area (Å²) in [5.74, 6) is -1.34. The third-order valence-electron chi connectivity index (χ3n) is 2.76. The maximum absolute atomic E-state index is 12.2. The summed E-state index contributed by atoms with van der Waals surface area (Å²) in [6.45, 7) is 0. The van der Waals surface area contributed by atoms with Crippen LogP contribution in [0, 0.1) is 0 Å². The molecule has 0 saturated heterocycles. The summed E-state index contributed by atoms with van der Waals surface area (Å²) < 4.78 is 41.4. The van der Waals surface area contributed by atoms with E-state index in [4.69, 9.17) is 0 Å². The smallest absolute Gasteiger partial charge is 0.506 e. The third-order valence-corrected chi connectivity index (χ3v) is 3.82. The second-order valence-electron chi connectivity index (χ2n) is 4.60. The van der Waals surface area contributed by atoms with Crippen LogP contribution in [0.3, 0.4) is 0 Å². The molecule has 5 nitrogen and oxygen atoms in total. The van der Waals surface area contributed by atoms with E-state index in [-0.39, 0.29) is 11.3 Å². The third kappa shape index (κ3) is 5.75. The van der Waals surface area contributed by atoms with E-state index < -0.39 is 18.0 Å². The second kappa shape index (κ2) is 7.87. The van der Waals surface area contributed by atoms with Gasteiger partial charge in [0.05, 0.1) is 10.7 Å². The second-order valence-corrected chi connectivity index (χ2v) is 6.37. The van der Waals surface area contributed by atoms with Crippen molar-refractivity contribution in [2.75, 3.05) is 0 Å². The number of rotatable bonds is 4. The van der Waals surface area contributed by atoms with Crippen molar-refractivity contribution in [1.29, 1.82) is 0 Å². The highest BCUT2D eigenvalue weighted by molar-refractivity contribution is 9.11. The van der Waals surface area contributed by atoms with Crippen LogP contribution in [-0.4, -0.2) is 23.6 Å². The fourth-order valence-corrected chi connectivity index (χ4v) is 3.00. The van der Waals surface area contributed by atoms with Crippen LogP contribution in [0.4, 0.5) is 13.2 Å². The Morgan fingerprint density at radius 3 is 2.64 bits per heavy atom. The summed E-state index contributed by atoms with van der Waals surface area (Å²) in [5, 5.41) is 13.5. The number of ether oxygens (including phenoxy) is 1. The standard InChI is InChI=1S/C15H9Br2F3N2O3/c16-10-4-9(13(23)12(17)6-10)7-21-22-14(24)8-2-1-3-11(5-8)25-15(18,19)20/h1-7,23H,(H,22,24)/b21-7+. The first-order valence-electron chi connectivity index (χ1n) is 6.53. The number of hydrogen-bond acceptors (Lipinski definition) is 4. The van der Waals surface area contributed by atoms with E-state index >= 15 is 0 Å². The first-order chi connectivity index (χ1) is 11.7. The van der Waals surface area contributed by atoms with E-state index in [1.807, 2.05) is 0 Å². The van der Waals surface area contributed by atoms with E-state index in [1.165, 1.54) is 18.3 Å². The lowest BCUT2D eigenvalue weighted by Gasteiger charge is -2.09. The quantitative estimate of drug-likeness (QED) is 0.496. The van der Waals surface area contributed by atoms with E-state index in [0.717, 1.165) is 12.1 Å². The van der Waals surface area contributed by atoms with Gasteiger partial charge in [-0.05, 0) is 46.3 Å². The number of phenols is 1. The fourth-order valence-electron chi connectivity index (χ4n) is 1.74. The van der Waals surface area contributed by atoms with Crippen LogP contribution in [0.2, 0.25) is 0 Å². The lowest BCUT2D eigenvalue weighted by atomic mass is 10.2. The largest absolute Gasteiger partial charge is 0.573 e. The van der Waals surface area contributed by atoms with Crippen molar-refractivity contribution in [3.8, 4) is 11.5 Å². The van der Waals surface area contributed by atoms with Crippen LogP contribution in [-0.2, 0) is 0 Å². The Hall–Kier alpha value is -2.07. The van der Waals surface area contributed by atoms with Gasteiger partial charge in [-0.2, -0.15) is 5.10 Å². The van der Waals surface area contributed by atoms with Gasteiger partial charge in [0.25, 0.3) is 5.91 Å². The van der Waals surface area contributed by atoms with Gasteiger partial charge < -0.3 is 9.84 Å². The molecule has 2 aromatic carbocycles. The molecule has 2 N–H and O–H groups in total. The van der Waals surface area contributed by atoms with Crippen LogP contribution in [0.5, 0.6) is 11.5 Å². The van der Waals surface area contributed by atoms with E-state index in [0.29, 0.717) is 14.5 Å². The lowest BCUT2D eigenvalue weighted by Crippen LogP contribution is -2.19. The molecule has 0 bridgehead atoms. The molecule has 0 atom stereocenters. The summed E-state index contributed by atoms with van der Waals surface area (Å²) in [6.07, 6.45) is -3.66. The Labute approximate surface area is 156 Å². The molecule has 2 aromatic rings. The van der Waals surface area contributed by atoms with Crippen molar-refractivity contribution >= 4 is 44.0 Å². The molecule has 0 aromatic heterocycles. The molecule has 0 aliphatic heterocycles. The Kier molecular flexibility index (Phi) is 6.07. The van der Waals surface area contributed by atoms with Gasteiger partial charge in [-0.25, -0.2) is 5.43 Å². The molecule has 1 amide bonds. The van der Waals surface area contributed by atoms with E-state index in [2.05, 4.69) is 47.1 Å². The molecule has 0 heterocycles. The molecular weight excluding hydrogens is 473 g/mol. The summed E-state index contributed by atoms with van der Waals surface area (Å²) in [5.41, 5.74) is 2.40. The summed E-state index contributed by atoms with van der Waals surface area (Å²) in [7, 11) is 0. The zero-order chi connectivity index (χ0) is 18.6. The number of alkyl halides is 3. The van der Waals surface area contributed by atoms with Gasteiger partial charge in [-0.1, -0.05) is 22.0 Å². The van der Waals surface area contributed by atoms with E-state index in [9.17, 15) is 23.1 Å². The average Bonchev–Trinajstić information content (AvgIpc) is 2.50. The minimum atomic E-state index is -4.85. The van der Waals surface area contributed by atoms with Crippen LogP contribution in [0.25, 0.3) is 0 Å². The van der Waals surface area contributed by atoms with Gasteiger partial charge in [-0.15, -0.1) is 13.2 Å². The predicted molar refractivity (Wildman–Crippen MR) is 91.7 cm³/mol. The molecule has 0 saturated carbocycles. The minimum Gasteiger partial charge on any atom is -0.506 e. The Balaban J connectivity index is 2.09.